The molecule has 1 aromatic carbocycles. The molecule has 2 N–H and O–H groups in total. The second-order valence-corrected chi connectivity index (χ2v) is 7.91. The van der Waals surface area contributed by atoms with Gasteiger partial charge in [-0.05, 0) is 12.1 Å². The highest BCUT2D eigenvalue weighted by Gasteiger charge is 2.07. The molecule has 0 aliphatic rings. The predicted molar refractivity (Wildman–Crippen MR) is 106 cm³/mol. The lowest BCUT2D eigenvalue weighted by Gasteiger charge is -2.15. The standard InChI is InChI=1S/C17H25N5S2/c1-13(24-15-8-6-5-7-9-15)10-19-16(18-2)20-11-14-12-23-17(21-14)22(3)4/h5-9,12-13H,10-11H2,1-4H3,(H2,18,19,20). The fraction of sp³-hybridized carbons (Fsp3) is 0.412. The van der Waals surface area contributed by atoms with Crippen molar-refractivity contribution in [2.75, 3.05) is 32.6 Å². The molecule has 7 heteroatoms. The summed E-state index contributed by atoms with van der Waals surface area (Å²) < 4.78 is 0. The van der Waals surface area contributed by atoms with Crippen LogP contribution in [0.5, 0.6) is 0 Å². The molecule has 1 unspecified atom stereocenters. The highest BCUT2D eigenvalue weighted by atomic mass is 32.2. The van der Waals surface area contributed by atoms with E-state index in [1.165, 1.54) is 4.90 Å². The van der Waals surface area contributed by atoms with Gasteiger partial charge < -0.3 is 15.5 Å². The van der Waals surface area contributed by atoms with Gasteiger partial charge in [0, 0.05) is 43.2 Å². The summed E-state index contributed by atoms with van der Waals surface area (Å²) in [5.41, 5.74) is 1.03. The molecule has 2 rings (SSSR count). The monoisotopic (exact) mass is 363 g/mol. The number of rotatable bonds is 7. The number of aromatic nitrogens is 1. The molecule has 1 aromatic heterocycles. The Labute approximate surface area is 152 Å². The van der Waals surface area contributed by atoms with Crippen molar-refractivity contribution in [1.82, 2.24) is 15.6 Å². The second kappa shape index (κ2) is 9.54. The van der Waals surface area contributed by atoms with Crippen LogP contribution in [0.2, 0.25) is 0 Å². The van der Waals surface area contributed by atoms with Crippen LogP contribution in [-0.4, -0.2) is 43.9 Å². The molecule has 0 saturated heterocycles. The molecule has 1 heterocycles. The first-order valence-electron chi connectivity index (χ1n) is 7.86. The number of thioether (sulfide) groups is 1. The summed E-state index contributed by atoms with van der Waals surface area (Å²) in [4.78, 5) is 12.1. The van der Waals surface area contributed by atoms with E-state index in [9.17, 15) is 0 Å². The van der Waals surface area contributed by atoms with Crippen LogP contribution in [0.4, 0.5) is 5.13 Å². The molecule has 2 aromatic rings. The van der Waals surface area contributed by atoms with Crippen LogP contribution in [0.1, 0.15) is 12.6 Å². The van der Waals surface area contributed by atoms with Gasteiger partial charge in [-0.15, -0.1) is 23.1 Å². The number of hydrogen-bond donors (Lipinski definition) is 2. The third-order valence-corrected chi connectivity index (χ3v) is 5.39. The predicted octanol–water partition coefficient (Wildman–Crippen LogP) is 3.05. The van der Waals surface area contributed by atoms with Crippen LogP contribution in [0.25, 0.3) is 0 Å². The lowest BCUT2D eigenvalue weighted by atomic mass is 10.4. The van der Waals surface area contributed by atoms with Gasteiger partial charge in [-0.2, -0.15) is 0 Å². The fourth-order valence-corrected chi connectivity index (χ4v) is 3.70. The number of thiazole rings is 1. The number of anilines is 1. The van der Waals surface area contributed by atoms with Gasteiger partial charge in [-0.3, -0.25) is 4.99 Å². The zero-order valence-electron chi connectivity index (χ0n) is 14.6. The summed E-state index contributed by atoms with van der Waals surface area (Å²) in [5, 5.41) is 10.2. The molecular formula is C17H25N5S2. The maximum Gasteiger partial charge on any atom is 0.191 e. The van der Waals surface area contributed by atoms with Crippen molar-refractivity contribution in [3.8, 4) is 0 Å². The van der Waals surface area contributed by atoms with Crippen molar-refractivity contribution >= 4 is 34.2 Å². The molecule has 5 nitrogen and oxygen atoms in total. The summed E-state index contributed by atoms with van der Waals surface area (Å²) in [6, 6.07) is 10.5. The molecule has 0 fully saturated rings. The normalized spacial score (nSPS) is 12.8. The topological polar surface area (TPSA) is 52.6 Å². The summed E-state index contributed by atoms with van der Waals surface area (Å²) >= 11 is 3.50. The van der Waals surface area contributed by atoms with E-state index in [1.54, 1.807) is 18.4 Å². The molecule has 0 spiro atoms. The number of nitrogens with zero attached hydrogens (tertiary/aromatic N) is 3. The Balaban J connectivity index is 1.75. The minimum Gasteiger partial charge on any atom is -0.355 e. The molecule has 0 bridgehead atoms. The van der Waals surface area contributed by atoms with Gasteiger partial charge in [0.2, 0.25) is 0 Å². The van der Waals surface area contributed by atoms with Crippen molar-refractivity contribution in [3.63, 3.8) is 0 Å². The molecule has 0 aliphatic heterocycles. The number of benzene rings is 1. The first-order valence-corrected chi connectivity index (χ1v) is 9.62. The zero-order chi connectivity index (χ0) is 17.4. The summed E-state index contributed by atoms with van der Waals surface area (Å²) in [6.45, 7) is 3.73. The Hall–Kier alpha value is -1.73. The highest BCUT2D eigenvalue weighted by molar-refractivity contribution is 8.00. The maximum atomic E-state index is 4.56. The van der Waals surface area contributed by atoms with Gasteiger partial charge in [0.05, 0.1) is 12.2 Å². The Morgan fingerprint density at radius 2 is 2.04 bits per heavy atom. The second-order valence-electron chi connectivity index (χ2n) is 5.56. The van der Waals surface area contributed by atoms with E-state index in [2.05, 4.69) is 57.2 Å². The summed E-state index contributed by atoms with van der Waals surface area (Å²) in [5.74, 6) is 0.801. The Kier molecular flexibility index (Phi) is 7.39. The van der Waals surface area contributed by atoms with Gasteiger partial charge in [-0.25, -0.2) is 4.98 Å². The van der Waals surface area contributed by atoms with Crippen LogP contribution in [-0.2, 0) is 6.54 Å². The first-order chi connectivity index (χ1) is 11.6. The van der Waals surface area contributed by atoms with Gasteiger partial charge in [0.25, 0.3) is 0 Å². The highest BCUT2D eigenvalue weighted by Crippen LogP contribution is 2.22. The van der Waals surface area contributed by atoms with Crippen molar-refractivity contribution in [1.29, 1.82) is 0 Å². The molecule has 1 atom stereocenters. The molecule has 24 heavy (non-hydrogen) atoms. The smallest absolute Gasteiger partial charge is 0.191 e. The van der Waals surface area contributed by atoms with Crippen molar-refractivity contribution in [2.24, 2.45) is 4.99 Å². The van der Waals surface area contributed by atoms with Crippen molar-refractivity contribution < 1.29 is 0 Å². The van der Waals surface area contributed by atoms with E-state index >= 15 is 0 Å². The fourth-order valence-electron chi connectivity index (χ4n) is 1.99. The molecule has 0 saturated carbocycles. The quantitative estimate of drug-likeness (QED) is 0.450. The van der Waals surface area contributed by atoms with Crippen LogP contribution >= 0.6 is 23.1 Å². The minimum atomic E-state index is 0.450. The number of aliphatic imine (C=N–C) groups is 1. The van der Waals surface area contributed by atoms with E-state index in [0.717, 1.165) is 23.3 Å². The van der Waals surface area contributed by atoms with Crippen LogP contribution < -0.4 is 15.5 Å². The Bertz CT molecular complexity index is 639. The van der Waals surface area contributed by atoms with Crippen LogP contribution in [0, 0.1) is 0 Å². The maximum absolute atomic E-state index is 4.56. The Morgan fingerprint density at radius 1 is 1.29 bits per heavy atom. The molecule has 130 valence electrons. The SMILES string of the molecule is CN=C(NCc1csc(N(C)C)n1)NCC(C)Sc1ccccc1. The van der Waals surface area contributed by atoms with Crippen molar-refractivity contribution in [2.45, 2.75) is 23.6 Å². The molecule has 0 aliphatic carbocycles. The molecule has 0 amide bonds. The average molecular weight is 364 g/mol. The van der Waals surface area contributed by atoms with Crippen LogP contribution in [0.3, 0.4) is 0 Å². The minimum absolute atomic E-state index is 0.450. The lowest BCUT2D eigenvalue weighted by molar-refractivity contribution is 0.782. The lowest BCUT2D eigenvalue weighted by Crippen LogP contribution is -2.39. The Morgan fingerprint density at radius 3 is 2.67 bits per heavy atom. The van der Waals surface area contributed by atoms with E-state index in [1.807, 2.05) is 36.8 Å². The van der Waals surface area contributed by atoms with E-state index < -0.39 is 0 Å². The summed E-state index contributed by atoms with van der Waals surface area (Å²) in [7, 11) is 5.79. The van der Waals surface area contributed by atoms with E-state index in [-0.39, 0.29) is 0 Å². The first kappa shape index (κ1) is 18.6. The third kappa shape index (κ3) is 6.05. The largest absolute Gasteiger partial charge is 0.355 e. The number of hydrogen-bond acceptors (Lipinski definition) is 5. The summed E-state index contributed by atoms with van der Waals surface area (Å²) in [6.07, 6.45) is 0. The molecular weight excluding hydrogens is 338 g/mol. The molecule has 0 radical (unpaired) electrons. The van der Waals surface area contributed by atoms with Gasteiger partial charge in [0.15, 0.2) is 11.1 Å². The van der Waals surface area contributed by atoms with E-state index in [4.69, 9.17) is 0 Å². The van der Waals surface area contributed by atoms with Gasteiger partial charge >= 0.3 is 0 Å². The van der Waals surface area contributed by atoms with Gasteiger partial charge in [0.1, 0.15) is 0 Å². The number of guanidine groups is 1. The third-order valence-electron chi connectivity index (χ3n) is 3.22. The zero-order valence-corrected chi connectivity index (χ0v) is 16.2. The van der Waals surface area contributed by atoms with Crippen molar-refractivity contribution in [3.05, 3.63) is 41.4 Å². The van der Waals surface area contributed by atoms with Crippen LogP contribution in [0.15, 0.2) is 45.6 Å². The number of nitrogens with one attached hydrogen (secondary N) is 2. The van der Waals surface area contributed by atoms with Gasteiger partial charge in [-0.1, -0.05) is 25.1 Å². The van der Waals surface area contributed by atoms with E-state index in [0.29, 0.717) is 11.8 Å². The average Bonchev–Trinajstić information content (AvgIpc) is 3.05.